The van der Waals surface area contributed by atoms with E-state index in [0.717, 1.165) is 6.07 Å². The van der Waals surface area contributed by atoms with Crippen molar-refractivity contribution in [3.63, 3.8) is 0 Å². The molecule has 0 atom stereocenters. The minimum Gasteiger partial charge on any atom is -0.496 e. The predicted molar refractivity (Wildman–Crippen MR) is 67.8 cm³/mol. The number of hydrogen-bond acceptors (Lipinski definition) is 3. The summed E-state index contributed by atoms with van der Waals surface area (Å²) in [6, 6.07) is 5.37. The number of carbonyl (C=O) groups is 1. The monoisotopic (exact) mass is 332 g/mol. The highest BCUT2D eigenvalue weighted by Gasteiger charge is 2.20. The van der Waals surface area contributed by atoms with Gasteiger partial charge >= 0.3 is 0 Å². The largest absolute Gasteiger partial charge is 0.496 e. The van der Waals surface area contributed by atoms with E-state index in [0.29, 0.717) is 0 Å². The van der Waals surface area contributed by atoms with E-state index in [2.05, 4.69) is 15.9 Å². The Morgan fingerprint density at radius 2 is 2.17 bits per heavy atom. The van der Waals surface area contributed by atoms with Gasteiger partial charge in [-0.2, -0.15) is 0 Å². The van der Waals surface area contributed by atoms with Crippen LogP contribution in [0.3, 0.4) is 0 Å². The van der Waals surface area contributed by atoms with Crippen LogP contribution < -0.4 is 4.74 Å². The Hall–Kier alpha value is -1.33. The van der Waals surface area contributed by atoms with Gasteiger partial charge in [0.25, 0.3) is 0 Å². The number of benzene rings is 1. The van der Waals surface area contributed by atoms with Crippen molar-refractivity contribution in [1.29, 1.82) is 0 Å². The van der Waals surface area contributed by atoms with Gasteiger partial charge in [0.15, 0.2) is 11.0 Å². The molecule has 0 radical (unpaired) electrons. The minimum atomic E-state index is -0.513. The molecule has 0 spiro atoms. The molecule has 1 aromatic carbocycles. The molecule has 0 bridgehead atoms. The third-order valence-corrected chi connectivity index (χ3v) is 3.09. The molecule has 0 unspecified atom stereocenters. The number of ketones is 1. The van der Waals surface area contributed by atoms with Crippen molar-refractivity contribution in [2.24, 2.45) is 0 Å². The Balaban J connectivity index is 2.50. The number of methoxy groups -OCH3 is 1. The van der Waals surface area contributed by atoms with Crippen molar-refractivity contribution >= 4 is 33.3 Å². The molecule has 18 heavy (non-hydrogen) atoms. The molecule has 0 saturated carbocycles. The second kappa shape index (κ2) is 5.12. The van der Waals surface area contributed by atoms with Crippen molar-refractivity contribution in [2.45, 2.75) is 0 Å². The zero-order valence-electron chi connectivity index (χ0n) is 9.17. The fourth-order valence-corrected chi connectivity index (χ4v) is 1.93. The number of furan rings is 1. The van der Waals surface area contributed by atoms with E-state index in [9.17, 15) is 9.18 Å². The summed E-state index contributed by atoms with van der Waals surface area (Å²) >= 11 is 8.62. The summed E-state index contributed by atoms with van der Waals surface area (Å²) in [5.41, 5.74) is 0.191. The number of carbonyl (C=O) groups excluding carboxylic acids is 1. The molecule has 1 heterocycles. The third kappa shape index (κ3) is 2.42. The Kier molecular flexibility index (Phi) is 3.73. The number of rotatable bonds is 3. The van der Waals surface area contributed by atoms with E-state index in [4.69, 9.17) is 20.8 Å². The lowest BCUT2D eigenvalue weighted by Crippen LogP contribution is -2.03. The third-order valence-electron chi connectivity index (χ3n) is 2.28. The van der Waals surface area contributed by atoms with Crippen molar-refractivity contribution in [2.75, 3.05) is 7.11 Å². The van der Waals surface area contributed by atoms with Crippen LogP contribution in [0, 0.1) is 5.82 Å². The Bertz CT molecular complexity index is 609. The molecule has 94 valence electrons. The minimum absolute atomic E-state index is 0.0665. The lowest BCUT2D eigenvalue weighted by atomic mass is 10.1. The molecule has 2 aromatic rings. The van der Waals surface area contributed by atoms with Crippen LogP contribution in [0.2, 0.25) is 5.22 Å². The molecular formula is C12H7BrClFO3. The molecule has 1 aromatic heterocycles. The van der Waals surface area contributed by atoms with Crippen LogP contribution in [0.1, 0.15) is 16.1 Å². The first-order valence-corrected chi connectivity index (χ1v) is 6.03. The van der Waals surface area contributed by atoms with Gasteiger partial charge in [0.2, 0.25) is 5.78 Å². The standard InChI is InChI=1S/C12H7BrClFO3/c1-17-10-5-8(15)7(13)4-6(10)12(16)9-2-3-11(14)18-9/h2-5H,1H3. The van der Waals surface area contributed by atoms with E-state index in [1.54, 1.807) is 0 Å². The van der Waals surface area contributed by atoms with E-state index >= 15 is 0 Å². The van der Waals surface area contributed by atoms with Gasteiger partial charge in [-0.15, -0.1) is 0 Å². The highest BCUT2D eigenvalue weighted by Crippen LogP contribution is 2.29. The van der Waals surface area contributed by atoms with E-state index < -0.39 is 11.6 Å². The van der Waals surface area contributed by atoms with E-state index in [-0.39, 0.29) is 26.8 Å². The number of ether oxygens (including phenoxy) is 1. The van der Waals surface area contributed by atoms with Crippen LogP contribution in [0.25, 0.3) is 0 Å². The molecular weight excluding hydrogens is 326 g/mol. The summed E-state index contributed by atoms with van der Waals surface area (Å²) in [6.45, 7) is 0. The zero-order chi connectivity index (χ0) is 13.3. The van der Waals surface area contributed by atoms with Gasteiger partial charge in [-0.25, -0.2) is 4.39 Å². The maximum Gasteiger partial charge on any atom is 0.232 e. The van der Waals surface area contributed by atoms with Gasteiger partial charge < -0.3 is 9.15 Å². The first kappa shape index (κ1) is 13.1. The topological polar surface area (TPSA) is 39.4 Å². The lowest BCUT2D eigenvalue weighted by molar-refractivity contribution is 0.101. The average Bonchev–Trinajstić information content (AvgIpc) is 2.78. The Morgan fingerprint density at radius 3 is 2.72 bits per heavy atom. The summed E-state index contributed by atoms with van der Waals surface area (Å²) in [7, 11) is 1.36. The molecule has 0 aliphatic carbocycles. The summed E-state index contributed by atoms with van der Waals surface area (Å²) in [5, 5.41) is 0.110. The maximum absolute atomic E-state index is 13.3. The second-order valence-corrected chi connectivity index (χ2v) is 4.63. The molecule has 3 nitrogen and oxygen atoms in total. The van der Waals surface area contributed by atoms with E-state index in [1.807, 2.05) is 0 Å². The molecule has 0 fully saturated rings. The van der Waals surface area contributed by atoms with Crippen molar-refractivity contribution in [3.05, 3.63) is 51.1 Å². The zero-order valence-corrected chi connectivity index (χ0v) is 11.5. The number of hydrogen-bond donors (Lipinski definition) is 0. The summed E-state index contributed by atoms with van der Waals surface area (Å²) in [4.78, 5) is 12.1. The fourth-order valence-electron chi connectivity index (χ4n) is 1.44. The molecule has 0 N–H and O–H groups in total. The predicted octanol–water partition coefficient (Wildman–Crippen LogP) is 4.07. The van der Waals surface area contributed by atoms with Crippen LogP contribution >= 0.6 is 27.5 Å². The molecule has 0 saturated heterocycles. The van der Waals surface area contributed by atoms with Gasteiger partial charge in [0, 0.05) is 6.07 Å². The highest BCUT2D eigenvalue weighted by molar-refractivity contribution is 9.10. The van der Waals surface area contributed by atoms with Crippen LogP contribution in [0.4, 0.5) is 4.39 Å². The smallest absolute Gasteiger partial charge is 0.232 e. The normalized spacial score (nSPS) is 10.4. The van der Waals surface area contributed by atoms with Crippen LogP contribution in [-0.2, 0) is 0 Å². The van der Waals surface area contributed by atoms with Gasteiger partial charge in [-0.05, 0) is 45.7 Å². The Morgan fingerprint density at radius 1 is 1.44 bits per heavy atom. The SMILES string of the molecule is COc1cc(F)c(Br)cc1C(=O)c1ccc(Cl)o1. The van der Waals surface area contributed by atoms with Gasteiger partial charge in [0.05, 0.1) is 17.1 Å². The van der Waals surface area contributed by atoms with Gasteiger partial charge in [-0.3, -0.25) is 4.79 Å². The average molecular weight is 334 g/mol. The molecule has 0 amide bonds. The molecule has 6 heteroatoms. The Labute approximate surface area is 116 Å². The van der Waals surface area contributed by atoms with Crippen LogP contribution in [-0.4, -0.2) is 12.9 Å². The molecule has 0 aliphatic rings. The quantitative estimate of drug-likeness (QED) is 0.795. The summed E-state index contributed by atoms with van der Waals surface area (Å²) in [5.74, 6) is -0.745. The molecule has 0 aliphatic heterocycles. The van der Waals surface area contributed by atoms with Gasteiger partial charge in [-0.1, -0.05) is 0 Å². The van der Waals surface area contributed by atoms with Crippen LogP contribution in [0.15, 0.2) is 33.2 Å². The first-order valence-electron chi connectivity index (χ1n) is 4.86. The first-order chi connectivity index (χ1) is 8.52. The van der Waals surface area contributed by atoms with Gasteiger partial charge in [0.1, 0.15) is 11.6 Å². The maximum atomic E-state index is 13.3. The van der Waals surface area contributed by atoms with Crippen LogP contribution in [0.5, 0.6) is 5.75 Å². The second-order valence-electron chi connectivity index (χ2n) is 3.40. The summed E-state index contributed by atoms with van der Waals surface area (Å²) < 4.78 is 23.5. The van der Waals surface area contributed by atoms with E-state index in [1.165, 1.54) is 25.3 Å². The fraction of sp³-hybridized carbons (Fsp3) is 0.0833. The van der Waals surface area contributed by atoms with Crippen molar-refractivity contribution < 1.29 is 18.3 Å². The highest BCUT2D eigenvalue weighted by atomic mass is 79.9. The molecule has 2 rings (SSSR count). The number of halogens is 3. The van der Waals surface area contributed by atoms with Crippen molar-refractivity contribution in [3.8, 4) is 5.75 Å². The van der Waals surface area contributed by atoms with Crippen molar-refractivity contribution in [1.82, 2.24) is 0 Å². The lowest BCUT2D eigenvalue weighted by Gasteiger charge is -2.07. The summed E-state index contributed by atoms with van der Waals surface area (Å²) in [6.07, 6.45) is 0.